The molecule has 0 radical (unpaired) electrons. The largest absolute Gasteiger partial charge is 0.481 e. The van der Waals surface area contributed by atoms with Crippen LogP contribution in [0.2, 0.25) is 10.0 Å². The molecular formula is C16H15Cl2NO2. The number of carbonyl (C=O) groups excluding carboxylic acids is 1. The van der Waals surface area contributed by atoms with Crippen molar-refractivity contribution in [3.63, 3.8) is 0 Å². The molecule has 0 saturated carbocycles. The number of ether oxygens (including phenoxy) is 1. The molecule has 0 aliphatic heterocycles. The third-order valence-corrected chi connectivity index (χ3v) is 3.26. The molecule has 0 fully saturated rings. The van der Waals surface area contributed by atoms with Gasteiger partial charge in [-0.2, -0.15) is 0 Å². The van der Waals surface area contributed by atoms with E-state index in [1.54, 1.807) is 25.1 Å². The van der Waals surface area contributed by atoms with Gasteiger partial charge < -0.3 is 10.1 Å². The molecule has 0 aliphatic rings. The quantitative estimate of drug-likeness (QED) is 0.900. The molecule has 1 unspecified atom stereocenters. The van der Waals surface area contributed by atoms with E-state index in [0.717, 1.165) is 5.56 Å². The predicted octanol–water partition coefficient (Wildman–Crippen LogP) is 4.08. The molecule has 3 nitrogen and oxygen atoms in total. The fourth-order valence-corrected chi connectivity index (χ4v) is 2.29. The number of carbonyl (C=O) groups is 1. The van der Waals surface area contributed by atoms with Crippen molar-refractivity contribution in [3.05, 3.63) is 64.1 Å². The Kier molecular flexibility index (Phi) is 5.48. The summed E-state index contributed by atoms with van der Waals surface area (Å²) in [5.41, 5.74) is 1.03. The summed E-state index contributed by atoms with van der Waals surface area (Å²) in [6, 6.07) is 14.5. The second kappa shape index (κ2) is 7.34. The molecule has 1 atom stereocenters. The number of rotatable bonds is 5. The molecular weight excluding hydrogens is 309 g/mol. The van der Waals surface area contributed by atoms with Gasteiger partial charge in [0.25, 0.3) is 5.91 Å². The van der Waals surface area contributed by atoms with Crippen molar-refractivity contribution in [2.45, 2.75) is 19.6 Å². The Morgan fingerprint density at radius 2 is 1.76 bits per heavy atom. The Labute approximate surface area is 133 Å². The molecule has 0 spiro atoms. The number of benzene rings is 2. The molecule has 0 bridgehead atoms. The van der Waals surface area contributed by atoms with Crippen LogP contribution in [-0.2, 0) is 11.3 Å². The summed E-state index contributed by atoms with van der Waals surface area (Å²) in [6.07, 6.45) is -0.636. The molecule has 0 aromatic heterocycles. The normalized spacial score (nSPS) is 11.8. The Morgan fingerprint density at radius 3 is 2.38 bits per heavy atom. The van der Waals surface area contributed by atoms with Crippen LogP contribution in [0.4, 0.5) is 0 Å². The molecule has 0 aliphatic carbocycles. The molecule has 2 rings (SSSR count). The van der Waals surface area contributed by atoms with Crippen molar-refractivity contribution in [2.75, 3.05) is 0 Å². The van der Waals surface area contributed by atoms with Crippen LogP contribution in [-0.4, -0.2) is 12.0 Å². The van der Waals surface area contributed by atoms with Crippen molar-refractivity contribution in [2.24, 2.45) is 0 Å². The zero-order chi connectivity index (χ0) is 15.2. The predicted molar refractivity (Wildman–Crippen MR) is 84.8 cm³/mol. The molecule has 0 saturated heterocycles. The first kappa shape index (κ1) is 15.7. The van der Waals surface area contributed by atoms with Gasteiger partial charge in [-0.3, -0.25) is 4.79 Å². The molecule has 5 heteroatoms. The van der Waals surface area contributed by atoms with Crippen LogP contribution in [0.3, 0.4) is 0 Å². The Balaban J connectivity index is 1.90. The van der Waals surface area contributed by atoms with Gasteiger partial charge in [0.15, 0.2) is 6.10 Å². The maximum absolute atomic E-state index is 12.0. The molecule has 2 aromatic rings. The number of hydrogen-bond acceptors (Lipinski definition) is 2. The minimum absolute atomic E-state index is 0.199. The van der Waals surface area contributed by atoms with E-state index in [0.29, 0.717) is 22.3 Å². The number of nitrogens with one attached hydrogen (secondary N) is 1. The Bertz CT molecular complexity index is 597. The molecule has 0 heterocycles. The number of amides is 1. The summed E-state index contributed by atoms with van der Waals surface area (Å²) in [6.45, 7) is 2.14. The first-order valence-corrected chi connectivity index (χ1v) is 7.24. The molecule has 110 valence electrons. The lowest BCUT2D eigenvalue weighted by atomic mass is 10.2. The molecule has 1 N–H and O–H groups in total. The first-order valence-electron chi connectivity index (χ1n) is 6.49. The van der Waals surface area contributed by atoms with Gasteiger partial charge in [-0.05, 0) is 30.7 Å². The maximum atomic E-state index is 12.0. The minimum atomic E-state index is -0.636. The third kappa shape index (κ3) is 4.96. The van der Waals surface area contributed by atoms with Crippen molar-refractivity contribution in [1.29, 1.82) is 0 Å². The van der Waals surface area contributed by atoms with Gasteiger partial charge in [0, 0.05) is 16.6 Å². The van der Waals surface area contributed by atoms with E-state index in [4.69, 9.17) is 27.9 Å². The monoisotopic (exact) mass is 323 g/mol. The van der Waals surface area contributed by atoms with Crippen LogP contribution in [0.25, 0.3) is 0 Å². The number of hydrogen-bond donors (Lipinski definition) is 1. The summed E-state index contributed by atoms with van der Waals surface area (Å²) < 4.78 is 5.55. The van der Waals surface area contributed by atoms with E-state index in [1.807, 2.05) is 30.3 Å². The van der Waals surface area contributed by atoms with Gasteiger partial charge in [-0.15, -0.1) is 0 Å². The standard InChI is InChI=1S/C16H15Cl2NO2/c1-11(21-15-8-13(17)7-14(18)9-15)16(20)19-10-12-5-3-2-4-6-12/h2-9,11H,10H2,1H3,(H,19,20). The summed E-state index contributed by atoms with van der Waals surface area (Å²) in [5.74, 6) is 0.268. The number of halogens is 2. The highest BCUT2D eigenvalue weighted by molar-refractivity contribution is 6.34. The summed E-state index contributed by atoms with van der Waals surface area (Å²) in [5, 5.41) is 3.75. The van der Waals surface area contributed by atoms with Crippen LogP contribution >= 0.6 is 23.2 Å². The van der Waals surface area contributed by atoms with Gasteiger partial charge >= 0.3 is 0 Å². The average molecular weight is 324 g/mol. The summed E-state index contributed by atoms with van der Waals surface area (Å²) in [7, 11) is 0. The Hall–Kier alpha value is -1.71. The van der Waals surface area contributed by atoms with Crippen LogP contribution < -0.4 is 10.1 Å². The Morgan fingerprint density at radius 1 is 1.14 bits per heavy atom. The van der Waals surface area contributed by atoms with Gasteiger partial charge in [0.2, 0.25) is 0 Å². The van der Waals surface area contributed by atoms with E-state index in [1.165, 1.54) is 0 Å². The summed E-state index contributed by atoms with van der Waals surface area (Å²) in [4.78, 5) is 12.0. The lowest BCUT2D eigenvalue weighted by Gasteiger charge is -2.15. The van der Waals surface area contributed by atoms with Crippen LogP contribution in [0.15, 0.2) is 48.5 Å². The topological polar surface area (TPSA) is 38.3 Å². The lowest BCUT2D eigenvalue weighted by Crippen LogP contribution is -2.35. The van der Waals surface area contributed by atoms with Crippen LogP contribution in [0.1, 0.15) is 12.5 Å². The van der Waals surface area contributed by atoms with E-state index in [9.17, 15) is 4.79 Å². The maximum Gasteiger partial charge on any atom is 0.261 e. The first-order chi connectivity index (χ1) is 10.0. The third-order valence-electron chi connectivity index (χ3n) is 2.83. The van der Waals surface area contributed by atoms with Crippen LogP contribution in [0, 0.1) is 0 Å². The molecule has 1 amide bonds. The summed E-state index contributed by atoms with van der Waals surface area (Å²) >= 11 is 11.8. The highest BCUT2D eigenvalue weighted by Gasteiger charge is 2.14. The van der Waals surface area contributed by atoms with Gasteiger partial charge in [0.05, 0.1) is 0 Å². The zero-order valence-electron chi connectivity index (χ0n) is 11.5. The van der Waals surface area contributed by atoms with Crippen LogP contribution in [0.5, 0.6) is 5.75 Å². The minimum Gasteiger partial charge on any atom is -0.481 e. The van der Waals surface area contributed by atoms with E-state index in [2.05, 4.69) is 5.32 Å². The zero-order valence-corrected chi connectivity index (χ0v) is 13.0. The van der Waals surface area contributed by atoms with E-state index in [-0.39, 0.29) is 5.91 Å². The van der Waals surface area contributed by atoms with Crippen molar-refractivity contribution in [3.8, 4) is 5.75 Å². The van der Waals surface area contributed by atoms with Crippen molar-refractivity contribution < 1.29 is 9.53 Å². The van der Waals surface area contributed by atoms with E-state index >= 15 is 0 Å². The van der Waals surface area contributed by atoms with E-state index < -0.39 is 6.10 Å². The van der Waals surface area contributed by atoms with Crippen molar-refractivity contribution >= 4 is 29.1 Å². The fourth-order valence-electron chi connectivity index (χ4n) is 1.78. The van der Waals surface area contributed by atoms with Gasteiger partial charge in [0.1, 0.15) is 5.75 Å². The SMILES string of the molecule is CC(Oc1cc(Cl)cc(Cl)c1)C(=O)NCc1ccccc1. The second-order valence-electron chi connectivity index (χ2n) is 4.57. The fraction of sp³-hybridized carbons (Fsp3) is 0.188. The second-order valence-corrected chi connectivity index (χ2v) is 5.44. The smallest absolute Gasteiger partial charge is 0.261 e. The average Bonchev–Trinajstić information content (AvgIpc) is 2.44. The molecule has 2 aromatic carbocycles. The lowest BCUT2D eigenvalue weighted by molar-refractivity contribution is -0.127. The highest BCUT2D eigenvalue weighted by Crippen LogP contribution is 2.24. The van der Waals surface area contributed by atoms with Gasteiger partial charge in [-0.1, -0.05) is 53.5 Å². The highest BCUT2D eigenvalue weighted by atomic mass is 35.5. The van der Waals surface area contributed by atoms with Gasteiger partial charge in [-0.25, -0.2) is 0 Å². The molecule has 21 heavy (non-hydrogen) atoms. The van der Waals surface area contributed by atoms with Crippen molar-refractivity contribution in [1.82, 2.24) is 5.32 Å².